The molecule has 206 valence electrons. The average molecular weight is 539 g/mol. The van der Waals surface area contributed by atoms with E-state index in [1.165, 1.54) is 12.1 Å². The second kappa shape index (κ2) is 13.6. The van der Waals surface area contributed by atoms with E-state index < -0.39 is 0 Å². The minimum atomic E-state index is -0.325. The molecule has 0 aliphatic carbocycles. The predicted molar refractivity (Wildman–Crippen MR) is 157 cm³/mol. The molecule has 4 rings (SSSR count). The first-order valence-corrected chi connectivity index (χ1v) is 13.6. The summed E-state index contributed by atoms with van der Waals surface area (Å²) in [6, 6.07) is 28.4. The van der Waals surface area contributed by atoms with Crippen LogP contribution in [0.3, 0.4) is 0 Å². The van der Waals surface area contributed by atoms with Gasteiger partial charge in [0.2, 0.25) is 0 Å². The van der Waals surface area contributed by atoms with Gasteiger partial charge in [0, 0.05) is 24.2 Å². The molecule has 0 aromatic heterocycles. The number of nitrogens with zero attached hydrogens (tertiary/aromatic N) is 1. The number of ether oxygens (including phenoxy) is 1. The van der Waals surface area contributed by atoms with Crippen LogP contribution in [-0.4, -0.2) is 36.9 Å². The summed E-state index contributed by atoms with van der Waals surface area (Å²) in [7, 11) is 1.64. The largest absolute Gasteiger partial charge is 0.497 e. The first-order valence-electron chi connectivity index (χ1n) is 13.6. The number of benzene rings is 4. The molecule has 1 N–H and O–H groups in total. The maximum atomic E-state index is 13.9. The highest BCUT2D eigenvalue weighted by molar-refractivity contribution is 6.06. The summed E-state index contributed by atoms with van der Waals surface area (Å²) in [5.74, 6) is 0.128. The van der Waals surface area contributed by atoms with Crippen molar-refractivity contribution in [3.05, 3.63) is 125 Å². The fraction of sp³-hybridized carbons (Fsp3) is 0.235. The van der Waals surface area contributed by atoms with Crippen LogP contribution in [0.15, 0.2) is 97.1 Å². The molecular weight excluding hydrogens is 503 g/mol. The van der Waals surface area contributed by atoms with Crippen molar-refractivity contribution in [3.8, 4) is 16.9 Å². The van der Waals surface area contributed by atoms with E-state index in [0.29, 0.717) is 41.8 Å². The maximum absolute atomic E-state index is 13.9. The van der Waals surface area contributed by atoms with Crippen molar-refractivity contribution >= 4 is 11.8 Å². The Kier molecular flexibility index (Phi) is 9.68. The van der Waals surface area contributed by atoms with Crippen molar-refractivity contribution in [2.45, 2.75) is 32.7 Å². The van der Waals surface area contributed by atoms with Crippen LogP contribution in [0.1, 0.15) is 58.2 Å². The van der Waals surface area contributed by atoms with Crippen molar-refractivity contribution < 1.29 is 18.7 Å². The number of hydrogen-bond donors (Lipinski definition) is 1. The van der Waals surface area contributed by atoms with Crippen LogP contribution >= 0.6 is 0 Å². The van der Waals surface area contributed by atoms with E-state index >= 15 is 0 Å². The second-order valence-corrected chi connectivity index (χ2v) is 9.73. The monoisotopic (exact) mass is 538 g/mol. The molecule has 6 heteroatoms. The SMILES string of the molecule is CCCN(CCc1cccc(OC)c1)C(=O)c1ccccc1-c1ccccc1C(=O)NC(C)c1ccc(F)cc1. The van der Waals surface area contributed by atoms with Gasteiger partial charge in [0.1, 0.15) is 11.6 Å². The fourth-order valence-electron chi connectivity index (χ4n) is 4.78. The lowest BCUT2D eigenvalue weighted by Gasteiger charge is -2.24. The molecule has 0 bridgehead atoms. The van der Waals surface area contributed by atoms with Crippen LogP contribution in [0.5, 0.6) is 5.75 Å². The van der Waals surface area contributed by atoms with Gasteiger partial charge in [0.15, 0.2) is 0 Å². The quantitative estimate of drug-likeness (QED) is 0.222. The van der Waals surface area contributed by atoms with Crippen molar-refractivity contribution in [3.63, 3.8) is 0 Å². The van der Waals surface area contributed by atoms with Gasteiger partial charge in [-0.1, -0.05) is 67.6 Å². The number of hydrogen-bond acceptors (Lipinski definition) is 3. The minimum absolute atomic E-state index is 0.0739. The van der Waals surface area contributed by atoms with E-state index in [1.807, 2.05) is 78.6 Å². The molecule has 1 unspecified atom stereocenters. The van der Waals surface area contributed by atoms with Crippen molar-refractivity contribution in [1.82, 2.24) is 10.2 Å². The molecule has 0 aliphatic rings. The summed E-state index contributed by atoms with van der Waals surface area (Å²) < 4.78 is 18.7. The number of rotatable bonds is 11. The highest BCUT2D eigenvalue weighted by Crippen LogP contribution is 2.29. The van der Waals surface area contributed by atoms with Gasteiger partial charge in [-0.25, -0.2) is 4.39 Å². The van der Waals surface area contributed by atoms with Crippen LogP contribution < -0.4 is 10.1 Å². The van der Waals surface area contributed by atoms with Gasteiger partial charge in [0.05, 0.1) is 13.2 Å². The first-order chi connectivity index (χ1) is 19.4. The van der Waals surface area contributed by atoms with Gasteiger partial charge in [-0.05, 0) is 78.4 Å². The van der Waals surface area contributed by atoms with E-state index in [4.69, 9.17) is 4.74 Å². The zero-order valence-corrected chi connectivity index (χ0v) is 23.2. The summed E-state index contributed by atoms with van der Waals surface area (Å²) in [5, 5.41) is 3.01. The van der Waals surface area contributed by atoms with Gasteiger partial charge >= 0.3 is 0 Å². The standard InChI is InChI=1S/C34H35FN2O3/c1-4-21-37(22-20-25-10-9-11-28(23-25)40-3)34(39)32-15-8-6-13-30(32)29-12-5-7-14-31(29)33(38)36-24(2)26-16-18-27(35)19-17-26/h5-19,23-24H,4,20-22H2,1-3H3,(H,36,38). The Balaban J connectivity index is 1.59. The molecule has 2 amide bonds. The van der Waals surface area contributed by atoms with Gasteiger partial charge in [-0.15, -0.1) is 0 Å². The average Bonchev–Trinajstić information content (AvgIpc) is 2.99. The molecule has 4 aromatic carbocycles. The Hall–Kier alpha value is -4.45. The van der Waals surface area contributed by atoms with Crippen molar-refractivity contribution in [2.24, 2.45) is 0 Å². The molecule has 0 radical (unpaired) electrons. The summed E-state index contributed by atoms with van der Waals surface area (Å²) in [6.45, 7) is 5.09. The summed E-state index contributed by atoms with van der Waals surface area (Å²) >= 11 is 0. The van der Waals surface area contributed by atoms with E-state index in [0.717, 1.165) is 23.3 Å². The van der Waals surface area contributed by atoms with Crippen molar-refractivity contribution in [2.75, 3.05) is 20.2 Å². The maximum Gasteiger partial charge on any atom is 0.254 e. The first kappa shape index (κ1) is 28.6. The topological polar surface area (TPSA) is 58.6 Å². The summed E-state index contributed by atoms with van der Waals surface area (Å²) in [5.41, 5.74) is 4.30. The molecule has 40 heavy (non-hydrogen) atoms. The van der Waals surface area contributed by atoms with E-state index in [-0.39, 0.29) is 23.7 Å². The van der Waals surface area contributed by atoms with E-state index in [9.17, 15) is 14.0 Å². The minimum Gasteiger partial charge on any atom is -0.497 e. The Labute approximate surface area is 235 Å². The molecule has 0 heterocycles. The van der Waals surface area contributed by atoms with Crippen LogP contribution in [0, 0.1) is 5.82 Å². The molecule has 0 aliphatic heterocycles. The molecular formula is C34H35FN2O3. The molecule has 0 saturated heterocycles. The zero-order chi connectivity index (χ0) is 28.5. The van der Waals surface area contributed by atoms with E-state index in [1.54, 1.807) is 25.3 Å². The molecule has 1 atom stereocenters. The van der Waals surface area contributed by atoms with Crippen LogP contribution in [0.2, 0.25) is 0 Å². The number of carbonyl (C=O) groups is 2. The highest BCUT2D eigenvalue weighted by Gasteiger charge is 2.22. The molecule has 0 fully saturated rings. The normalized spacial score (nSPS) is 11.5. The van der Waals surface area contributed by atoms with Gasteiger partial charge in [0.25, 0.3) is 11.8 Å². The molecule has 0 saturated carbocycles. The lowest BCUT2D eigenvalue weighted by molar-refractivity contribution is 0.0757. The van der Waals surface area contributed by atoms with Gasteiger partial charge in [-0.3, -0.25) is 9.59 Å². The number of amides is 2. The Morgan fingerprint density at radius 1 is 0.850 bits per heavy atom. The smallest absolute Gasteiger partial charge is 0.254 e. The third-order valence-electron chi connectivity index (χ3n) is 6.92. The van der Waals surface area contributed by atoms with Crippen molar-refractivity contribution in [1.29, 1.82) is 0 Å². The zero-order valence-electron chi connectivity index (χ0n) is 23.2. The third kappa shape index (κ3) is 6.94. The van der Waals surface area contributed by atoms with Gasteiger partial charge < -0.3 is 15.0 Å². The second-order valence-electron chi connectivity index (χ2n) is 9.73. The molecule has 4 aromatic rings. The predicted octanol–water partition coefficient (Wildman–Crippen LogP) is 7.09. The lowest BCUT2D eigenvalue weighted by atomic mass is 9.94. The van der Waals surface area contributed by atoms with E-state index in [2.05, 4.69) is 12.2 Å². The van der Waals surface area contributed by atoms with Gasteiger partial charge in [-0.2, -0.15) is 0 Å². The number of nitrogens with one attached hydrogen (secondary N) is 1. The van der Waals surface area contributed by atoms with Crippen LogP contribution in [0.4, 0.5) is 4.39 Å². The number of methoxy groups -OCH3 is 1. The molecule has 0 spiro atoms. The summed E-state index contributed by atoms with van der Waals surface area (Å²) in [6.07, 6.45) is 1.53. The Morgan fingerprint density at radius 3 is 2.17 bits per heavy atom. The molecule has 5 nitrogen and oxygen atoms in total. The summed E-state index contributed by atoms with van der Waals surface area (Å²) in [4.78, 5) is 29.2. The third-order valence-corrected chi connectivity index (χ3v) is 6.92. The Bertz CT molecular complexity index is 1450. The van der Waals surface area contributed by atoms with Crippen LogP contribution in [-0.2, 0) is 6.42 Å². The number of halogens is 1. The fourth-order valence-corrected chi connectivity index (χ4v) is 4.78. The number of carbonyl (C=O) groups excluding carboxylic acids is 2. The van der Waals surface area contributed by atoms with Crippen LogP contribution in [0.25, 0.3) is 11.1 Å². The Morgan fingerprint density at radius 2 is 1.50 bits per heavy atom. The highest BCUT2D eigenvalue weighted by atomic mass is 19.1. The lowest BCUT2D eigenvalue weighted by Crippen LogP contribution is -2.34.